The quantitative estimate of drug-likeness (QED) is 0.764. The number of carboxylic acid groups (broad SMARTS) is 1. The summed E-state index contributed by atoms with van der Waals surface area (Å²) in [6, 6.07) is 10.7. The maximum absolute atomic E-state index is 12.3. The fourth-order valence-corrected chi connectivity index (χ4v) is 2.60. The Balaban J connectivity index is 1.77. The van der Waals surface area contributed by atoms with Crippen LogP contribution in [0.5, 0.6) is 0 Å². The zero-order valence-electron chi connectivity index (χ0n) is 13.1. The highest BCUT2D eigenvalue weighted by molar-refractivity contribution is 6.34. The van der Waals surface area contributed by atoms with Gasteiger partial charge in [0.05, 0.1) is 21.7 Å². The van der Waals surface area contributed by atoms with E-state index in [1.807, 2.05) is 0 Å². The van der Waals surface area contributed by atoms with Crippen molar-refractivity contribution in [3.63, 3.8) is 0 Å². The number of aromatic carboxylic acids is 1. The smallest absolute Gasteiger partial charge is 0.336 e. The minimum Gasteiger partial charge on any atom is -0.478 e. The second-order valence-corrected chi connectivity index (χ2v) is 6.15. The van der Waals surface area contributed by atoms with Gasteiger partial charge in [0.2, 0.25) is 0 Å². The van der Waals surface area contributed by atoms with Crippen molar-refractivity contribution in [2.45, 2.75) is 18.9 Å². The molecule has 0 saturated heterocycles. The molecule has 0 aromatic heterocycles. The van der Waals surface area contributed by atoms with Crippen LogP contribution in [-0.2, 0) is 0 Å². The van der Waals surface area contributed by atoms with Crippen LogP contribution in [0.3, 0.4) is 0 Å². The third-order valence-corrected chi connectivity index (χ3v) is 4.10. The van der Waals surface area contributed by atoms with Crippen LogP contribution in [0.15, 0.2) is 42.5 Å². The Morgan fingerprint density at radius 3 is 2.24 bits per heavy atom. The standard InChI is InChI=1S/C18H15ClN2O4/c19-15-9-11(7-8-14(15)17(23)20-10-5-6-10)21-16(22)12-3-1-2-4-13(12)18(24)25/h1-4,7-10H,5-6H2,(H,20,23)(H,21,22)(H,24,25). The molecule has 2 aromatic rings. The van der Waals surface area contributed by atoms with Gasteiger partial charge in [-0.05, 0) is 43.2 Å². The van der Waals surface area contributed by atoms with Crippen LogP contribution < -0.4 is 10.6 Å². The Bertz CT molecular complexity index is 862. The van der Waals surface area contributed by atoms with Crippen LogP contribution in [0.25, 0.3) is 0 Å². The molecule has 6 nitrogen and oxygen atoms in total. The number of carbonyl (C=O) groups is 3. The van der Waals surface area contributed by atoms with E-state index in [1.54, 1.807) is 18.2 Å². The number of carboxylic acids is 1. The lowest BCUT2D eigenvalue weighted by Gasteiger charge is -2.10. The molecular weight excluding hydrogens is 344 g/mol. The minimum atomic E-state index is -1.18. The highest BCUT2D eigenvalue weighted by atomic mass is 35.5. The van der Waals surface area contributed by atoms with E-state index in [4.69, 9.17) is 16.7 Å². The fourth-order valence-electron chi connectivity index (χ4n) is 2.33. The second-order valence-electron chi connectivity index (χ2n) is 5.75. The zero-order valence-corrected chi connectivity index (χ0v) is 13.8. The Kier molecular flexibility index (Phi) is 4.72. The molecule has 0 spiro atoms. The van der Waals surface area contributed by atoms with Gasteiger partial charge in [0.15, 0.2) is 0 Å². The Morgan fingerprint density at radius 1 is 0.960 bits per heavy atom. The summed E-state index contributed by atoms with van der Waals surface area (Å²) in [4.78, 5) is 35.6. The van der Waals surface area contributed by atoms with Crippen molar-refractivity contribution in [1.29, 1.82) is 0 Å². The minimum absolute atomic E-state index is 0.0432. The zero-order chi connectivity index (χ0) is 18.0. The largest absolute Gasteiger partial charge is 0.478 e. The number of anilines is 1. The second kappa shape index (κ2) is 6.94. The van der Waals surface area contributed by atoms with Crippen molar-refractivity contribution in [3.05, 3.63) is 64.2 Å². The van der Waals surface area contributed by atoms with Crippen molar-refractivity contribution >= 4 is 35.1 Å². The molecule has 0 atom stereocenters. The predicted molar refractivity (Wildman–Crippen MR) is 93.3 cm³/mol. The Hall–Kier alpha value is -2.86. The lowest BCUT2D eigenvalue weighted by molar-refractivity contribution is 0.0692. The van der Waals surface area contributed by atoms with Gasteiger partial charge in [-0.2, -0.15) is 0 Å². The van der Waals surface area contributed by atoms with Gasteiger partial charge >= 0.3 is 5.97 Å². The summed E-state index contributed by atoms with van der Waals surface area (Å²) >= 11 is 6.13. The first-order valence-corrected chi connectivity index (χ1v) is 8.07. The number of carbonyl (C=O) groups excluding carboxylic acids is 2. The predicted octanol–water partition coefficient (Wildman–Crippen LogP) is 3.18. The summed E-state index contributed by atoms with van der Waals surface area (Å²) in [6.45, 7) is 0. The van der Waals surface area contributed by atoms with E-state index < -0.39 is 11.9 Å². The van der Waals surface area contributed by atoms with Crippen molar-refractivity contribution < 1.29 is 19.5 Å². The number of rotatable bonds is 5. The van der Waals surface area contributed by atoms with Crippen molar-refractivity contribution in [2.75, 3.05) is 5.32 Å². The molecule has 25 heavy (non-hydrogen) atoms. The van der Waals surface area contributed by atoms with Crippen LogP contribution in [0.1, 0.15) is 43.9 Å². The Morgan fingerprint density at radius 2 is 1.64 bits per heavy atom. The van der Waals surface area contributed by atoms with Crippen LogP contribution >= 0.6 is 11.6 Å². The highest BCUT2D eigenvalue weighted by Crippen LogP contribution is 2.24. The van der Waals surface area contributed by atoms with E-state index in [1.165, 1.54) is 24.3 Å². The summed E-state index contributed by atoms with van der Waals surface area (Å²) in [7, 11) is 0. The van der Waals surface area contributed by atoms with E-state index in [9.17, 15) is 14.4 Å². The molecule has 3 rings (SSSR count). The normalized spacial score (nSPS) is 13.2. The van der Waals surface area contributed by atoms with Gasteiger partial charge in [0.1, 0.15) is 0 Å². The lowest BCUT2D eigenvalue weighted by atomic mass is 10.1. The lowest BCUT2D eigenvalue weighted by Crippen LogP contribution is -2.25. The average Bonchev–Trinajstić information content (AvgIpc) is 3.38. The molecule has 0 aliphatic heterocycles. The number of amides is 2. The SMILES string of the molecule is O=C(NC1CC1)c1ccc(NC(=O)c2ccccc2C(=O)O)cc1Cl. The molecule has 2 aromatic carbocycles. The van der Waals surface area contributed by atoms with Crippen molar-refractivity contribution in [2.24, 2.45) is 0 Å². The number of hydrogen-bond acceptors (Lipinski definition) is 3. The third kappa shape index (κ3) is 3.97. The van der Waals surface area contributed by atoms with Gasteiger partial charge in [-0.3, -0.25) is 9.59 Å². The monoisotopic (exact) mass is 358 g/mol. The molecule has 1 aliphatic rings. The van der Waals surface area contributed by atoms with E-state index in [2.05, 4.69) is 10.6 Å². The Labute approximate surface area is 148 Å². The summed E-state index contributed by atoms with van der Waals surface area (Å²) in [5, 5.41) is 14.8. The van der Waals surface area contributed by atoms with Crippen LogP contribution in [-0.4, -0.2) is 28.9 Å². The molecular formula is C18H15ClN2O4. The highest BCUT2D eigenvalue weighted by Gasteiger charge is 2.25. The number of benzene rings is 2. The van der Waals surface area contributed by atoms with Gasteiger partial charge in [0, 0.05) is 11.7 Å². The van der Waals surface area contributed by atoms with Gasteiger partial charge in [0.25, 0.3) is 11.8 Å². The molecule has 2 amide bonds. The van der Waals surface area contributed by atoms with E-state index in [-0.39, 0.29) is 28.1 Å². The molecule has 3 N–H and O–H groups in total. The average molecular weight is 359 g/mol. The van der Waals surface area contributed by atoms with Crippen molar-refractivity contribution in [3.8, 4) is 0 Å². The van der Waals surface area contributed by atoms with Gasteiger partial charge < -0.3 is 15.7 Å². The maximum atomic E-state index is 12.3. The van der Waals surface area contributed by atoms with Crippen LogP contribution in [0, 0.1) is 0 Å². The first kappa shape index (κ1) is 17.0. The van der Waals surface area contributed by atoms with Gasteiger partial charge in [-0.1, -0.05) is 23.7 Å². The molecule has 7 heteroatoms. The molecule has 1 aliphatic carbocycles. The first-order chi connectivity index (χ1) is 12.0. The van der Waals surface area contributed by atoms with Gasteiger partial charge in [-0.15, -0.1) is 0 Å². The topological polar surface area (TPSA) is 95.5 Å². The molecule has 0 unspecified atom stereocenters. The maximum Gasteiger partial charge on any atom is 0.336 e. The van der Waals surface area contributed by atoms with E-state index in [0.717, 1.165) is 12.8 Å². The summed E-state index contributed by atoms with van der Waals surface area (Å²) in [6.07, 6.45) is 1.95. The number of halogens is 1. The summed E-state index contributed by atoms with van der Waals surface area (Å²) in [5.41, 5.74) is 0.656. The molecule has 1 saturated carbocycles. The summed E-state index contributed by atoms with van der Waals surface area (Å²) < 4.78 is 0. The van der Waals surface area contributed by atoms with E-state index in [0.29, 0.717) is 11.3 Å². The molecule has 0 bridgehead atoms. The first-order valence-electron chi connectivity index (χ1n) is 7.70. The molecule has 0 radical (unpaired) electrons. The molecule has 0 heterocycles. The molecule has 1 fully saturated rings. The fraction of sp³-hybridized carbons (Fsp3) is 0.167. The van der Waals surface area contributed by atoms with Crippen molar-refractivity contribution in [1.82, 2.24) is 5.32 Å². The molecule has 128 valence electrons. The van der Waals surface area contributed by atoms with Crippen LogP contribution in [0.2, 0.25) is 5.02 Å². The number of hydrogen-bond donors (Lipinski definition) is 3. The summed E-state index contributed by atoms with van der Waals surface area (Å²) in [5.74, 6) is -2.00. The van der Waals surface area contributed by atoms with Gasteiger partial charge in [-0.25, -0.2) is 4.79 Å². The van der Waals surface area contributed by atoms with E-state index >= 15 is 0 Å². The third-order valence-electron chi connectivity index (χ3n) is 3.79. The number of nitrogens with one attached hydrogen (secondary N) is 2. The van der Waals surface area contributed by atoms with Crippen LogP contribution in [0.4, 0.5) is 5.69 Å².